The van der Waals surface area contributed by atoms with Crippen LogP contribution >= 0.6 is 15.9 Å². The van der Waals surface area contributed by atoms with E-state index < -0.39 is 0 Å². The van der Waals surface area contributed by atoms with Gasteiger partial charge in [0.1, 0.15) is 5.82 Å². The lowest BCUT2D eigenvalue weighted by Crippen LogP contribution is -2.41. The molecule has 122 valence electrons. The lowest BCUT2D eigenvalue weighted by Gasteiger charge is -2.24. The van der Waals surface area contributed by atoms with Crippen molar-refractivity contribution in [2.45, 2.75) is 19.9 Å². The Kier molecular flexibility index (Phi) is 6.64. The molecule has 1 unspecified atom stereocenters. The molecule has 6 heteroatoms. The Labute approximate surface area is 139 Å². The van der Waals surface area contributed by atoms with E-state index in [0.717, 1.165) is 44.2 Å². The highest BCUT2D eigenvalue weighted by molar-refractivity contribution is 9.10. The highest BCUT2D eigenvalue weighted by Crippen LogP contribution is 2.17. The van der Waals surface area contributed by atoms with E-state index in [1.54, 1.807) is 6.07 Å². The monoisotopic (exact) mass is 371 g/mol. The van der Waals surface area contributed by atoms with Gasteiger partial charge in [0.25, 0.3) is 0 Å². The number of hydrogen-bond acceptors (Lipinski definition) is 2. The second kappa shape index (κ2) is 8.48. The molecular weight excluding hydrogens is 349 g/mol. The number of ether oxygens (including phenoxy) is 1. The van der Waals surface area contributed by atoms with E-state index in [1.807, 2.05) is 20.0 Å². The van der Waals surface area contributed by atoms with Crippen molar-refractivity contribution in [2.24, 2.45) is 10.9 Å². The van der Waals surface area contributed by atoms with Crippen LogP contribution in [-0.4, -0.2) is 44.2 Å². The van der Waals surface area contributed by atoms with Crippen LogP contribution in [0.5, 0.6) is 0 Å². The van der Waals surface area contributed by atoms with Gasteiger partial charge in [-0.2, -0.15) is 0 Å². The zero-order chi connectivity index (χ0) is 15.9. The SMILES string of the molecule is CCNC(=NCc1ccc(Br)c(F)c1)N(C)CC1CCOC1. The summed E-state index contributed by atoms with van der Waals surface area (Å²) in [6, 6.07) is 5.11. The number of hydrogen-bond donors (Lipinski definition) is 1. The standard InChI is InChI=1S/C16H23BrFN3O/c1-3-19-16(21(2)10-13-6-7-22-11-13)20-9-12-4-5-14(17)15(18)8-12/h4-5,8,13H,3,6-7,9-11H2,1-2H3,(H,19,20). The smallest absolute Gasteiger partial charge is 0.193 e. The molecule has 1 aromatic rings. The van der Waals surface area contributed by atoms with Crippen molar-refractivity contribution in [1.82, 2.24) is 10.2 Å². The number of nitrogens with zero attached hydrogens (tertiary/aromatic N) is 2. The molecular formula is C16H23BrFN3O. The number of guanidine groups is 1. The Bertz CT molecular complexity index is 518. The van der Waals surface area contributed by atoms with Crippen LogP contribution in [0.25, 0.3) is 0 Å². The van der Waals surface area contributed by atoms with Crippen molar-refractivity contribution in [3.05, 3.63) is 34.1 Å². The molecule has 1 fully saturated rings. The van der Waals surface area contributed by atoms with Gasteiger partial charge in [-0.15, -0.1) is 0 Å². The van der Waals surface area contributed by atoms with Gasteiger partial charge in [-0.3, -0.25) is 0 Å². The number of benzene rings is 1. The van der Waals surface area contributed by atoms with Crippen molar-refractivity contribution in [3.8, 4) is 0 Å². The molecule has 0 bridgehead atoms. The van der Waals surface area contributed by atoms with Crippen LogP contribution in [0.4, 0.5) is 4.39 Å². The molecule has 2 rings (SSSR count). The summed E-state index contributed by atoms with van der Waals surface area (Å²) in [5, 5.41) is 3.28. The van der Waals surface area contributed by atoms with Crippen LogP contribution in [0.3, 0.4) is 0 Å². The highest BCUT2D eigenvalue weighted by atomic mass is 79.9. The van der Waals surface area contributed by atoms with Crippen LogP contribution in [0.2, 0.25) is 0 Å². The van der Waals surface area contributed by atoms with Crippen LogP contribution in [0, 0.1) is 11.7 Å². The molecule has 1 aromatic carbocycles. The minimum absolute atomic E-state index is 0.255. The van der Waals surface area contributed by atoms with E-state index in [2.05, 4.69) is 31.1 Å². The van der Waals surface area contributed by atoms with Crippen molar-refractivity contribution in [2.75, 3.05) is 33.4 Å². The highest BCUT2D eigenvalue weighted by Gasteiger charge is 2.19. The average molecular weight is 372 g/mol. The minimum Gasteiger partial charge on any atom is -0.381 e. The summed E-state index contributed by atoms with van der Waals surface area (Å²) in [6.45, 7) is 5.89. The van der Waals surface area contributed by atoms with Gasteiger partial charge < -0.3 is 15.0 Å². The summed E-state index contributed by atoms with van der Waals surface area (Å²) in [4.78, 5) is 6.73. The third kappa shape index (κ3) is 4.95. The average Bonchev–Trinajstić information content (AvgIpc) is 2.99. The van der Waals surface area contributed by atoms with Gasteiger partial charge in [-0.1, -0.05) is 6.07 Å². The Balaban J connectivity index is 2.00. The van der Waals surface area contributed by atoms with Gasteiger partial charge in [0.05, 0.1) is 17.6 Å². The summed E-state index contributed by atoms with van der Waals surface area (Å²) in [6.07, 6.45) is 1.10. The fourth-order valence-electron chi connectivity index (χ4n) is 2.47. The van der Waals surface area contributed by atoms with E-state index in [9.17, 15) is 4.39 Å². The van der Waals surface area contributed by atoms with E-state index in [-0.39, 0.29) is 5.82 Å². The maximum Gasteiger partial charge on any atom is 0.193 e. The number of nitrogens with one attached hydrogen (secondary N) is 1. The third-order valence-corrected chi connectivity index (χ3v) is 4.29. The first kappa shape index (κ1) is 17.2. The predicted octanol–water partition coefficient (Wildman–Crippen LogP) is 3.02. The quantitative estimate of drug-likeness (QED) is 0.638. The summed E-state index contributed by atoms with van der Waals surface area (Å²) in [5.74, 6) is 1.14. The molecule has 0 spiro atoms. The Morgan fingerprint density at radius 2 is 2.36 bits per heavy atom. The predicted molar refractivity (Wildman–Crippen MR) is 90.5 cm³/mol. The van der Waals surface area contributed by atoms with Crippen LogP contribution in [-0.2, 0) is 11.3 Å². The summed E-state index contributed by atoms with van der Waals surface area (Å²) in [7, 11) is 2.03. The molecule has 0 radical (unpaired) electrons. The number of aliphatic imine (C=N–C) groups is 1. The zero-order valence-corrected chi connectivity index (χ0v) is 14.7. The van der Waals surface area contributed by atoms with Gasteiger partial charge in [0.15, 0.2) is 5.96 Å². The van der Waals surface area contributed by atoms with Crippen molar-refractivity contribution >= 4 is 21.9 Å². The Morgan fingerprint density at radius 1 is 1.55 bits per heavy atom. The van der Waals surface area contributed by atoms with Gasteiger partial charge >= 0.3 is 0 Å². The normalized spacial score (nSPS) is 18.5. The Morgan fingerprint density at radius 3 is 3.00 bits per heavy atom. The minimum atomic E-state index is -0.255. The lowest BCUT2D eigenvalue weighted by molar-refractivity contribution is 0.181. The van der Waals surface area contributed by atoms with Crippen LogP contribution in [0.15, 0.2) is 27.7 Å². The van der Waals surface area contributed by atoms with Gasteiger partial charge in [-0.05, 0) is 47.0 Å². The summed E-state index contributed by atoms with van der Waals surface area (Å²) >= 11 is 3.16. The van der Waals surface area contributed by atoms with E-state index in [0.29, 0.717) is 16.9 Å². The largest absolute Gasteiger partial charge is 0.381 e. The molecule has 0 aromatic heterocycles. The van der Waals surface area contributed by atoms with Crippen molar-refractivity contribution in [1.29, 1.82) is 0 Å². The molecule has 1 aliphatic rings. The second-order valence-corrected chi connectivity index (χ2v) is 6.38. The van der Waals surface area contributed by atoms with Crippen LogP contribution < -0.4 is 5.32 Å². The second-order valence-electron chi connectivity index (χ2n) is 5.53. The van der Waals surface area contributed by atoms with Gasteiger partial charge in [-0.25, -0.2) is 9.38 Å². The van der Waals surface area contributed by atoms with Crippen LogP contribution in [0.1, 0.15) is 18.9 Å². The van der Waals surface area contributed by atoms with Crippen molar-refractivity contribution < 1.29 is 9.13 Å². The maximum atomic E-state index is 13.5. The summed E-state index contributed by atoms with van der Waals surface area (Å²) < 4.78 is 19.4. The molecule has 0 aliphatic carbocycles. The molecule has 22 heavy (non-hydrogen) atoms. The van der Waals surface area contributed by atoms with E-state index in [4.69, 9.17) is 4.74 Å². The fraction of sp³-hybridized carbons (Fsp3) is 0.562. The van der Waals surface area contributed by atoms with Gasteiger partial charge in [0, 0.05) is 32.7 Å². The molecule has 1 N–H and O–H groups in total. The summed E-state index contributed by atoms with van der Waals surface area (Å²) in [5.41, 5.74) is 0.855. The zero-order valence-electron chi connectivity index (χ0n) is 13.1. The maximum absolute atomic E-state index is 13.5. The Hall–Kier alpha value is -1.14. The molecule has 1 atom stereocenters. The first-order chi connectivity index (χ1) is 10.6. The molecule has 1 saturated heterocycles. The molecule has 1 aliphatic heterocycles. The molecule has 0 saturated carbocycles. The molecule has 4 nitrogen and oxygen atoms in total. The van der Waals surface area contributed by atoms with E-state index >= 15 is 0 Å². The number of halogens is 2. The topological polar surface area (TPSA) is 36.9 Å². The molecule has 0 amide bonds. The third-order valence-electron chi connectivity index (χ3n) is 3.65. The first-order valence-corrected chi connectivity index (χ1v) is 8.40. The number of rotatable bonds is 5. The fourth-order valence-corrected chi connectivity index (χ4v) is 2.72. The van der Waals surface area contributed by atoms with Gasteiger partial charge in [0.2, 0.25) is 0 Å². The van der Waals surface area contributed by atoms with Crippen molar-refractivity contribution in [3.63, 3.8) is 0 Å². The lowest BCUT2D eigenvalue weighted by atomic mass is 10.1. The van der Waals surface area contributed by atoms with E-state index in [1.165, 1.54) is 6.07 Å². The molecule has 1 heterocycles. The first-order valence-electron chi connectivity index (χ1n) is 7.61.